The number of nitrogens with one attached hydrogen (secondary N) is 3. The smallest absolute Gasteiger partial charge is 0.272 e. The minimum absolute atomic E-state index is 0.139. The molecule has 0 radical (unpaired) electrons. The van der Waals surface area contributed by atoms with Crippen LogP contribution in [0.1, 0.15) is 26.7 Å². The number of benzene rings is 4. The number of halogens is 1. The molecule has 2 heterocycles. The molecule has 3 amide bonds. The van der Waals surface area contributed by atoms with E-state index in [-0.39, 0.29) is 17.2 Å². The Bertz CT molecular complexity index is 2070. The van der Waals surface area contributed by atoms with Gasteiger partial charge in [-0.25, -0.2) is 9.37 Å². The second-order valence-corrected chi connectivity index (χ2v) is 13.3. The first-order valence-corrected chi connectivity index (χ1v) is 17.3. The summed E-state index contributed by atoms with van der Waals surface area (Å²) in [7, 11) is 0. The monoisotopic (exact) mass is 690 g/mol. The first-order chi connectivity index (χ1) is 23.4. The van der Waals surface area contributed by atoms with Gasteiger partial charge in [0.2, 0.25) is 5.91 Å². The predicted molar refractivity (Wildman–Crippen MR) is 192 cm³/mol. The molecule has 0 aliphatic carbocycles. The number of thiophene rings is 1. The highest BCUT2D eigenvalue weighted by molar-refractivity contribution is 8.00. The van der Waals surface area contributed by atoms with Crippen molar-refractivity contribution in [3.8, 4) is 10.6 Å². The number of hydrogen-bond acceptors (Lipinski definition) is 7. The zero-order valence-corrected chi connectivity index (χ0v) is 27.6. The van der Waals surface area contributed by atoms with Crippen molar-refractivity contribution >= 4 is 69.1 Å². The standard InChI is InChI=1S/C37H27FN4O3S3/c38-29-18-8-7-15-26(29)21-30(40-34(43)25-13-5-2-6-14-25)35(44)39-27-16-9-17-28(22-27)48-33(24-11-3-1-4-12-24)36(45)42-37-41-31(23-47-37)32-19-10-20-46-32/h1-23,33H,(H,39,44)(H,40,43)(H,41,42,45)/b30-21-. The van der Waals surface area contributed by atoms with Gasteiger partial charge in [-0.15, -0.1) is 34.4 Å². The third kappa shape index (κ3) is 8.31. The molecule has 0 fully saturated rings. The highest BCUT2D eigenvalue weighted by Gasteiger charge is 2.24. The number of rotatable bonds is 11. The maximum absolute atomic E-state index is 14.6. The Morgan fingerprint density at radius 2 is 1.54 bits per heavy atom. The molecule has 0 saturated heterocycles. The molecule has 0 aliphatic heterocycles. The van der Waals surface area contributed by atoms with Crippen LogP contribution >= 0.6 is 34.4 Å². The average Bonchev–Trinajstić information content (AvgIpc) is 3.82. The van der Waals surface area contributed by atoms with Gasteiger partial charge in [-0.2, -0.15) is 0 Å². The molecule has 238 valence electrons. The molecule has 0 saturated carbocycles. The first-order valence-electron chi connectivity index (χ1n) is 14.7. The normalized spacial score (nSPS) is 11.8. The Kier molecular flexibility index (Phi) is 10.5. The maximum Gasteiger partial charge on any atom is 0.272 e. The molecule has 7 nitrogen and oxygen atoms in total. The summed E-state index contributed by atoms with van der Waals surface area (Å²) in [6.45, 7) is 0. The topological polar surface area (TPSA) is 100 Å². The third-order valence-electron chi connectivity index (χ3n) is 6.93. The lowest BCUT2D eigenvalue weighted by molar-refractivity contribution is -0.116. The summed E-state index contributed by atoms with van der Waals surface area (Å²) in [4.78, 5) is 46.5. The largest absolute Gasteiger partial charge is 0.321 e. The number of nitrogens with zero attached hydrogens (tertiary/aromatic N) is 1. The summed E-state index contributed by atoms with van der Waals surface area (Å²) < 4.78 is 14.6. The van der Waals surface area contributed by atoms with Gasteiger partial charge in [0.15, 0.2) is 5.13 Å². The van der Waals surface area contributed by atoms with Crippen molar-refractivity contribution < 1.29 is 18.8 Å². The predicted octanol–water partition coefficient (Wildman–Crippen LogP) is 8.89. The molecular weight excluding hydrogens is 664 g/mol. The lowest BCUT2D eigenvalue weighted by atomic mass is 10.1. The van der Waals surface area contributed by atoms with Crippen molar-refractivity contribution in [3.63, 3.8) is 0 Å². The second kappa shape index (κ2) is 15.5. The highest BCUT2D eigenvalue weighted by Crippen LogP contribution is 2.38. The van der Waals surface area contributed by atoms with E-state index in [4.69, 9.17) is 0 Å². The number of anilines is 2. The van der Waals surface area contributed by atoms with Gasteiger partial charge in [0.1, 0.15) is 16.8 Å². The Labute approximate surface area is 288 Å². The van der Waals surface area contributed by atoms with E-state index in [9.17, 15) is 18.8 Å². The Balaban J connectivity index is 1.22. The molecule has 11 heteroatoms. The van der Waals surface area contributed by atoms with E-state index in [0.717, 1.165) is 16.1 Å². The van der Waals surface area contributed by atoms with Crippen molar-refractivity contribution in [2.45, 2.75) is 10.1 Å². The Morgan fingerprint density at radius 3 is 2.29 bits per heavy atom. The van der Waals surface area contributed by atoms with Gasteiger partial charge < -0.3 is 16.0 Å². The third-order valence-corrected chi connectivity index (χ3v) is 9.83. The summed E-state index contributed by atoms with van der Waals surface area (Å²) in [5.74, 6) is -1.95. The number of carbonyl (C=O) groups is 3. The summed E-state index contributed by atoms with van der Waals surface area (Å²) in [5, 5.41) is 12.2. The number of thioether (sulfide) groups is 1. The van der Waals surface area contributed by atoms with Gasteiger partial charge in [-0.05, 0) is 59.5 Å². The van der Waals surface area contributed by atoms with Crippen LogP contribution in [-0.4, -0.2) is 22.7 Å². The van der Waals surface area contributed by atoms with E-state index in [1.54, 1.807) is 72.0 Å². The number of thiazole rings is 1. The van der Waals surface area contributed by atoms with E-state index in [2.05, 4.69) is 20.9 Å². The van der Waals surface area contributed by atoms with Crippen molar-refractivity contribution in [1.29, 1.82) is 0 Å². The first kappa shape index (κ1) is 32.6. The molecule has 1 atom stereocenters. The fourth-order valence-corrected chi connectivity index (χ4v) is 7.17. The van der Waals surface area contributed by atoms with Crippen LogP contribution in [-0.2, 0) is 9.59 Å². The molecule has 48 heavy (non-hydrogen) atoms. The molecular formula is C37H27FN4O3S3. The van der Waals surface area contributed by atoms with Crippen LogP contribution in [0.5, 0.6) is 0 Å². The molecule has 1 unspecified atom stereocenters. The number of amides is 3. The fourth-order valence-electron chi connectivity index (χ4n) is 4.61. The lowest BCUT2D eigenvalue weighted by Gasteiger charge is -2.17. The van der Waals surface area contributed by atoms with Crippen LogP contribution in [0.15, 0.2) is 143 Å². The van der Waals surface area contributed by atoms with E-state index in [1.165, 1.54) is 41.3 Å². The minimum Gasteiger partial charge on any atom is -0.321 e. The Morgan fingerprint density at radius 1 is 0.792 bits per heavy atom. The molecule has 6 rings (SSSR count). The van der Waals surface area contributed by atoms with E-state index < -0.39 is 22.9 Å². The summed E-state index contributed by atoms with van der Waals surface area (Å²) in [6, 6.07) is 34.8. The Hall–Kier alpha value is -5.36. The zero-order valence-electron chi connectivity index (χ0n) is 25.1. The quantitative estimate of drug-likeness (QED) is 0.0932. The van der Waals surface area contributed by atoms with Gasteiger partial charge in [-0.3, -0.25) is 14.4 Å². The van der Waals surface area contributed by atoms with Gasteiger partial charge in [0.05, 0.1) is 10.6 Å². The zero-order chi connectivity index (χ0) is 33.3. The molecule has 3 N–H and O–H groups in total. The van der Waals surface area contributed by atoms with Crippen molar-refractivity contribution in [2.75, 3.05) is 10.6 Å². The van der Waals surface area contributed by atoms with Gasteiger partial charge in [-0.1, -0.05) is 78.9 Å². The van der Waals surface area contributed by atoms with Crippen LogP contribution in [0.4, 0.5) is 15.2 Å². The number of carbonyl (C=O) groups excluding carboxylic acids is 3. The van der Waals surface area contributed by atoms with Gasteiger partial charge >= 0.3 is 0 Å². The van der Waals surface area contributed by atoms with E-state index >= 15 is 0 Å². The molecule has 0 bridgehead atoms. The van der Waals surface area contributed by atoms with Gasteiger partial charge in [0.25, 0.3) is 11.8 Å². The van der Waals surface area contributed by atoms with Crippen LogP contribution < -0.4 is 16.0 Å². The summed E-state index contributed by atoms with van der Waals surface area (Å²) in [6.07, 6.45) is 1.29. The number of hydrogen-bond donors (Lipinski definition) is 3. The van der Waals surface area contributed by atoms with E-state index in [1.807, 2.05) is 59.3 Å². The van der Waals surface area contributed by atoms with Crippen LogP contribution in [0.25, 0.3) is 16.6 Å². The SMILES string of the molecule is O=C(Nc1cccc(SC(C(=O)Nc2nc(-c3cccs3)cs2)c2ccccc2)c1)/C(=C/c1ccccc1F)NC(=O)c1ccccc1. The summed E-state index contributed by atoms with van der Waals surface area (Å²) >= 11 is 4.26. The highest BCUT2D eigenvalue weighted by atomic mass is 32.2. The van der Waals surface area contributed by atoms with Crippen molar-refractivity contribution in [1.82, 2.24) is 10.3 Å². The van der Waals surface area contributed by atoms with Crippen LogP contribution in [0.2, 0.25) is 0 Å². The molecule has 4 aromatic carbocycles. The minimum atomic E-state index is -0.646. The van der Waals surface area contributed by atoms with Crippen molar-refractivity contribution in [3.05, 3.63) is 160 Å². The second-order valence-electron chi connectivity index (χ2n) is 10.3. The average molecular weight is 691 g/mol. The molecule has 0 spiro atoms. The maximum atomic E-state index is 14.6. The fraction of sp³-hybridized carbons (Fsp3) is 0.0270. The van der Waals surface area contributed by atoms with E-state index in [0.29, 0.717) is 21.3 Å². The lowest BCUT2D eigenvalue weighted by Crippen LogP contribution is -2.30. The van der Waals surface area contributed by atoms with Gasteiger partial charge in [0, 0.05) is 27.1 Å². The number of aromatic nitrogens is 1. The van der Waals surface area contributed by atoms with Crippen LogP contribution in [0, 0.1) is 5.82 Å². The van der Waals surface area contributed by atoms with Crippen molar-refractivity contribution in [2.24, 2.45) is 0 Å². The van der Waals surface area contributed by atoms with Crippen LogP contribution in [0.3, 0.4) is 0 Å². The molecule has 0 aliphatic rings. The molecule has 2 aromatic heterocycles. The summed E-state index contributed by atoms with van der Waals surface area (Å²) in [5.41, 5.74) is 2.36. The molecule has 6 aromatic rings.